The molecule has 3 rings (SSSR count). The fourth-order valence-electron chi connectivity index (χ4n) is 3.69. The van der Waals surface area contributed by atoms with E-state index in [1.165, 1.54) is 25.7 Å². The van der Waals surface area contributed by atoms with Crippen molar-refractivity contribution in [3.05, 3.63) is 12.2 Å². The van der Waals surface area contributed by atoms with Crippen LogP contribution in [-0.2, 0) is 13.5 Å². The van der Waals surface area contributed by atoms with Gasteiger partial charge in [0.2, 0.25) is 0 Å². The monoisotopic (exact) mass is 249 g/mol. The summed E-state index contributed by atoms with van der Waals surface area (Å²) < 4.78 is 1.84. The highest BCUT2D eigenvalue weighted by atomic mass is 15.3. The van der Waals surface area contributed by atoms with Crippen LogP contribution in [-0.4, -0.2) is 44.8 Å². The van der Waals surface area contributed by atoms with E-state index in [-0.39, 0.29) is 6.04 Å². The van der Waals surface area contributed by atoms with Gasteiger partial charge in [-0.3, -0.25) is 4.68 Å². The molecule has 5 nitrogen and oxygen atoms in total. The third kappa shape index (κ3) is 2.06. The predicted molar refractivity (Wildman–Crippen MR) is 70.0 cm³/mol. The van der Waals surface area contributed by atoms with Crippen LogP contribution in [0.3, 0.4) is 0 Å². The van der Waals surface area contributed by atoms with Crippen molar-refractivity contribution >= 4 is 0 Å². The number of nitrogens with zero attached hydrogens (tertiary/aromatic N) is 4. The van der Waals surface area contributed by atoms with Gasteiger partial charge in [-0.25, -0.2) is 4.98 Å². The Kier molecular flexibility index (Phi) is 3.11. The highest BCUT2D eigenvalue weighted by Gasteiger charge is 2.40. The highest BCUT2D eigenvalue weighted by molar-refractivity contribution is 4.98. The van der Waals surface area contributed by atoms with E-state index in [0.29, 0.717) is 5.92 Å². The minimum Gasteiger partial charge on any atom is -0.327 e. The lowest BCUT2D eigenvalue weighted by molar-refractivity contribution is 0.120. The molecular weight excluding hydrogens is 226 g/mol. The van der Waals surface area contributed by atoms with Crippen LogP contribution in [0.4, 0.5) is 0 Å². The molecule has 1 aromatic rings. The maximum Gasteiger partial charge on any atom is 0.138 e. The van der Waals surface area contributed by atoms with E-state index in [4.69, 9.17) is 5.73 Å². The van der Waals surface area contributed by atoms with E-state index in [0.717, 1.165) is 24.3 Å². The van der Waals surface area contributed by atoms with Gasteiger partial charge in [-0.1, -0.05) is 0 Å². The molecule has 2 N–H and O–H groups in total. The number of rotatable bonds is 3. The van der Waals surface area contributed by atoms with Crippen molar-refractivity contribution in [2.75, 3.05) is 7.05 Å². The molecule has 0 radical (unpaired) electrons. The first-order valence-electron chi connectivity index (χ1n) is 6.95. The molecule has 5 heteroatoms. The molecule has 0 amide bonds. The van der Waals surface area contributed by atoms with Gasteiger partial charge in [-0.15, -0.1) is 0 Å². The Morgan fingerprint density at radius 2 is 2.00 bits per heavy atom. The number of aromatic nitrogens is 3. The average Bonchev–Trinajstić information content (AvgIpc) is 2.80. The van der Waals surface area contributed by atoms with E-state index in [9.17, 15) is 0 Å². The van der Waals surface area contributed by atoms with Gasteiger partial charge in [-0.05, 0) is 38.6 Å². The van der Waals surface area contributed by atoms with Crippen LogP contribution in [0.15, 0.2) is 6.33 Å². The van der Waals surface area contributed by atoms with E-state index >= 15 is 0 Å². The van der Waals surface area contributed by atoms with Crippen molar-refractivity contribution in [1.29, 1.82) is 0 Å². The third-order valence-corrected chi connectivity index (χ3v) is 4.96. The highest BCUT2D eigenvalue weighted by Crippen LogP contribution is 2.38. The zero-order valence-corrected chi connectivity index (χ0v) is 11.3. The Morgan fingerprint density at radius 3 is 2.56 bits per heavy atom. The van der Waals surface area contributed by atoms with Crippen LogP contribution in [0.5, 0.6) is 0 Å². The number of aryl methyl sites for hydroxylation is 1. The van der Waals surface area contributed by atoms with Crippen molar-refractivity contribution < 1.29 is 0 Å². The smallest absolute Gasteiger partial charge is 0.138 e. The van der Waals surface area contributed by atoms with Crippen molar-refractivity contribution in [3.8, 4) is 0 Å². The second kappa shape index (κ2) is 4.63. The summed E-state index contributed by atoms with van der Waals surface area (Å²) in [6.07, 6.45) is 7.69. The minimum absolute atomic E-state index is 0.227. The zero-order chi connectivity index (χ0) is 12.7. The fraction of sp³-hybridized carbons (Fsp3) is 0.846. The maximum absolute atomic E-state index is 6.41. The molecule has 100 valence electrons. The first-order valence-corrected chi connectivity index (χ1v) is 6.95. The lowest BCUT2D eigenvalue weighted by atomic mass is 9.84. The number of hydrogen-bond donors (Lipinski definition) is 1. The van der Waals surface area contributed by atoms with Gasteiger partial charge in [0.1, 0.15) is 12.2 Å². The topological polar surface area (TPSA) is 60.0 Å². The SMILES string of the molecule is CN1C2CCC1CC(C(N)Cc1ncnn1C)C2. The summed E-state index contributed by atoms with van der Waals surface area (Å²) >= 11 is 0. The standard InChI is InChI=1S/C13H23N5/c1-17-10-3-4-11(17)6-9(5-10)12(14)7-13-15-8-16-18(13)2/h8-12H,3-7,14H2,1-2H3. The molecule has 3 unspecified atom stereocenters. The molecule has 2 saturated heterocycles. The summed E-state index contributed by atoms with van der Waals surface area (Å²) in [5.41, 5.74) is 6.41. The van der Waals surface area contributed by atoms with Gasteiger partial charge >= 0.3 is 0 Å². The second-order valence-corrected chi connectivity index (χ2v) is 5.95. The Morgan fingerprint density at radius 1 is 1.33 bits per heavy atom. The van der Waals surface area contributed by atoms with E-state index < -0.39 is 0 Å². The average molecular weight is 249 g/mol. The number of piperidine rings is 1. The van der Waals surface area contributed by atoms with Crippen molar-refractivity contribution in [2.24, 2.45) is 18.7 Å². The Balaban J connectivity index is 1.64. The Hall–Kier alpha value is -0.940. The van der Waals surface area contributed by atoms with Crippen molar-refractivity contribution in [3.63, 3.8) is 0 Å². The number of fused-ring (bicyclic) bond motifs is 2. The van der Waals surface area contributed by atoms with Gasteiger partial charge in [0.25, 0.3) is 0 Å². The molecule has 18 heavy (non-hydrogen) atoms. The van der Waals surface area contributed by atoms with Crippen LogP contribution in [0.2, 0.25) is 0 Å². The lowest BCUT2D eigenvalue weighted by Gasteiger charge is -2.38. The van der Waals surface area contributed by atoms with Crippen LogP contribution in [0, 0.1) is 5.92 Å². The van der Waals surface area contributed by atoms with Gasteiger partial charge in [0, 0.05) is 31.6 Å². The molecule has 2 aliphatic heterocycles. The summed E-state index contributed by atoms with van der Waals surface area (Å²) in [5, 5.41) is 4.11. The van der Waals surface area contributed by atoms with Gasteiger partial charge < -0.3 is 10.6 Å². The third-order valence-electron chi connectivity index (χ3n) is 4.96. The molecule has 0 saturated carbocycles. The summed E-state index contributed by atoms with van der Waals surface area (Å²) in [4.78, 5) is 6.84. The molecule has 2 aliphatic rings. The quantitative estimate of drug-likeness (QED) is 0.850. The summed E-state index contributed by atoms with van der Waals surface area (Å²) in [7, 11) is 4.21. The molecule has 0 aliphatic carbocycles. The second-order valence-electron chi connectivity index (χ2n) is 5.95. The summed E-state index contributed by atoms with van der Waals surface area (Å²) in [5.74, 6) is 1.66. The molecule has 3 atom stereocenters. The molecule has 0 spiro atoms. The van der Waals surface area contributed by atoms with Crippen LogP contribution >= 0.6 is 0 Å². The molecule has 2 fully saturated rings. The fourth-order valence-corrected chi connectivity index (χ4v) is 3.69. The largest absolute Gasteiger partial charge is 0.327 e. The molecular formula is C13H23N5. The van der Waals surface area contributed by atoms with Crippen molar-refractivity contribution in [1.82, 2.24) is 19.7 Å². The van der Waals surface area contributed by atoms with Gasteiger partial charge in [0.15, 0.2) is 0 Å². The van der Waals surface area contributed by atoms with Crippen LogP contribution in [0.1, 0.15) is 31.5 Å². The van der Waals surface area contributed by atoms with E-state index in [1.807, 2.05) is 11.7 Å². The Labute approximate surface area is 108 Å². The number of nitrogens with two attached hydrogens (primary N) is 1. The minimum atomic E-state index is 0.227. The normalized spacial score (nSPS) is 33.8. The summed E-state index contributed by atoms with van der Waals surface area (Å²) in [6.45, 7) is 0. The summed E-state index contributed by atoms with van der Waals surface area (Å²) in [6, 6.07) is 1.75. The van der Waals surface area contributed by atoms with E-state index in [2.05, 4.69) is 22.0 Å². The van der Waals surface area contributed by atoms with Crippen molar-refractivity contribution in [2.45, 2.75) is 50.2 Å². The molecule has 0 aromatic carbocycles. The lowest BCUT2D eigenvalue weighted by Crippen LogP contribution is -2.46. The first-order chi connectivity index (χ1) is 8.65. The van der Waals surface area contributed by atoms with Gasteiger partial charge in [-0.2, -0.15) is 5.10 Å². The Bertz CT molecular complexity index is 401. The maximum atomic E-state index is 6.41. The van der Waals surface area contributed by atoms with Crippen LogP contribution in [0.25, 0.3) is 0 Å². The zero-order valence-electron chi connectivity index (χ0n) is 11.3. The predicted octanol–water partition coefficient (Wildman–Crippen LogP) is 0.558. The molecule has 2 bridgehead atoms. The van der Waals surface area contributed by atoms with Crippen LogP contribution < -0.4 is 5.73 Å². The molecule has 3 heterocycles. The first kappa shape index (κ1) is 12.1. The number of hydrogen-bond acceptors (Lipinski definition) is 4. The van der Waals surface area contributed by atoms with E-state index in [1.54, 1.807) is 6.33 Å². The van der Waals surface area contributed by atoms with Gasteiger partial charge in [0.05, 0.1) is 0 Å². The molecule has 1 aromatic heterocycles.